The van der Waals surface area contributed by atoms with E-state index < -0.39 is 0 Å². The Morgan fingerprint density at radius 1 is 0.960 bits per heavy atom. The predicted molar refractivity (Wildman–Crippen MR) is 95.5 cm³/mol. The molecule has 1 aromatic rings. The normalized spacial score (nSPS) is 34.8. The van der Waals surface area contributed by atoms with Crippen LogP contribution in [0.15, 0.2) is 18.2 Å². The van der Waals surface area contributed by atoms with E-state index >= 15 is 0 Å². The number of imide groups is 1. The number of hydrogen-bond acceptors (Lipinski definition) is 3. The maximum absolute atomic E-state index is 13.3. The van der Waals surface area contributed by atoms with Crippen molar-refractivity contribution in [3.05, 3.63) is 34.9 Å². The monoisotopic (exact) mass is 338 g/mol. The molecule has 4 aliphatic rings. The van der Waals surface area contributed by atoms with E-state index in [9.17, 15) is 9.59 Å². The highest BCUT2D eigenvalue weighted by molar-refractivity contribution is 6.12. The first-order valence-electron chi connectivity index (χ1n) is 9.86. The lowest BCUT2D eigenvalue weighted by molar-refractivity contribution is -0.135. The van der Waals surface area contributed by atoms with Crippen molar-refractivity contribution >= 4 is 11.8 Å². The van der Waals surface area contributed by atoms with Gasteiger partial charge in [-0.05, 0) is 69.2 Å². The maximum Gasteiger partial charge on any atom is 0.261 e. The molecular formula is C21H26N2O2. The second-order valence-corrected chi connectivity index (χ2v) is 8.37. The quantitative estimate of drug-likeness (QED) is 0.739. The average molecular weight is 338 g/mol. The van der Waals surface area contributed by atoms with E-state index in [2.05, 4.69) is 18.0 Å². The summed E-state index contributed by atoms with van der Waals surface area (Å²) in [6.45, 7) is 0. The number of benzene rings is 1. The summed E-state index contributed by atoms with van der Waals surface area (Å²) in [5.74, 6) is -0.0398. The van der Waals surface area contributed by atoms with Gasteiger partial charge in [-0.25, -0.2) is 0 Å². The Bertz CT molecular complexity index is 729. The molecule has 2 bridgehead atoms. The largest absolute Gasteiger partial charge is 0.300 e. The van der Waals surface area contributed by atoms with E-state index in [1.54, 1.807) is 4.90 Å². The standard InChI is InChI=1S/C21H26N2O2/c1-22-14-7-4-8-15(22)12-16(11-14)23-20(24)17-9-2-5-13-6-3-10-18(19(13)17)21(23)25/h2,5,9,14-16,18H,3-4,6-8,10-12H2,1H3. The Labute approximate surface area is 149 Å². The fourth-order valence-corrected chi connectivity index (χ4v) is 5.86. The lowest BCUT2D eigenvalue weighted by Crippen LogP contribution is -2.59. The molecule has 5 rings (SSSR count). The van der Waals surface area contributed by atoms with Gasteiger partial charge in [0, 0.05) is 23.7 Å². The molecule has 132 valence electrons. The average Bonchev–Trinajstić information content (AvgIpc) is 2.60. The van der Waals surface area contributed by atoms with Crippen molar-refractivity contribution in [3.63, 3.8) is 0 Å². The third kappa shape index (κ3) is 2.23. The second-order valence-electron chi connectivity index (χ2n) is 8.37. The fraction of sp³-hybridized carbons (Fsp3) is 0.619. The van der Waals surface area contributed by atoms with Crippen LogP contribution in [-0.2, 0) is 11.2 Å². The third-order valence-corrected chi connectivity index (χ3v) is 7.15. The number of aryl methyl sites for hydroxylation is 1. The number of piperidine rings is 2. The summed E-state index contributed by atoms with van der Waals surface area (Å²) >= 11 is 0. The van der Waals surface area contributed by atoms with E-state index in [0.717, 1.165) is 43.2 Å². The molecule has 2 fully saturated rings. The van der Waals surface area contributed by atoms with Gasteiger partial charge in [0.25, 0.3) is 5.91 Å². The fourth-order valence-electron chi connectivity index (χ4n) is 5.86. The molecule has 0 N–H and O–H groups in total. The molecule has 0 spiro atoms. The molecule has 25 heavy (non-hydrogen) atoms. The minimum Gasteiger partial charge on any atom is -0.300 e. The van der Waals surface area contributed by atoms with E-state index in [1.165, 1.54) is 24.8 Å². The zero-order valence-corrected chi connectivity index (χ0v) is 14.9. The Hall–Kier alpha value is -1.68. The van der Waals surface area contributed by atoms with Crippen LogP contribution in [-0.4, -0.2) is 46.8 Å². The van der Waals surface area contributed by atoms with Gasteiger partial charge in [-0.2, -0.15) is 0 Å². The molecule has 4 heteroatoms. The summed E-state index contributed by atoms with van der Waals surface area (Å²) in [5, 5.41) is 0. The Morgan fingerprint density at radius 3 is 2.48 bits per heavy atom. The van der Waals surface area contributed by atoms with Crippen molar-refractivity contribution < 1.29 is 9.59 Å². The van der Waals surface area contributed by atoms with Gasteiger partial charge in [0.2, 0.25) is 5.91 Å². The highest BCUT2D eigenvalue weighted by Crippen LogP contribution is 2.42. The highest BCUT2D eigenvalue weighted by Gasteiger charge is 2.47. The first kappa shape index (κ1) is 15.6. The van der Waals surface area contributed by atoms with Crippen molar-refractivity contribution in [2.75, 3.05) is 7.05 Å². The molecule has 3 aliphatic heterocycles. The van der Waals surface area contributed by atoms with Gasteiger partial charge in [-0.15, -0.1) is 0 Å². The van der Waals surface area contributed by atoms with Crippen LogP contribution in [0.1, 0.15) is 72.3 Å². The van der Waals surface area contributed by atoms with Crippen LogP contribution >= 0.6 is 0 Å². The molecule has 4 nitrogen and oxygen atoms in total. The van der Waals surface area contributed by atoms with Crippen LogP contribution in [0.5, 0.6) is 0 Å². The van der Waals surface area contributed by atoms with Crippen molar-refractivity contribution in [2.45, 2.75) is 75.4 Å². The molecule has 3 atom stereocenters. The van der Waals surface area contributed by atoms with Crippen LogP contribution in [0.2, 0.25) is 0 Å². The van der Waals surface area contributed by atoms with Crippen LogP contribution in [0.25, 0.3) is 0 Å². The molecule has 0 saturated carbocycles. The smallest absolute Gasteiger partial charge is 0.261 e. The topological polar surface area (TPSA) is 40.6 Å². The summed E-state index contributed by atoms with van der Waals surface area (Å²) < 4.78 is 0. The number of carbonyl (C=O) groups is 2. The van der Waals surface area contributed by atoms with Crippen molar-refractivity contribution in [3.8, 4) is 0 Å². The van der Waals surface area contributed by atoms with Gasteiger partial charge >= 0.3 is 0 Å². The Kier molecular flexibility index (Phi) is 3.53. The number of carbonyl (C=O) groups excluding carboxylic acids is 2. The lowest BCUT2D eigenvalue weighted by atomic mass is 9.75. The maximum atomic E-state index is 13.3. The number of rotatable bonds is 1. The molecule has 0 radical (unpaired) electrons. The summed E-state index contributed by atoms with van der Waals surface area (Å²) in [6.07, 6.45) is 8.52. The number of fused-ring (bicyclic) bond motifs is 2. The van der Waals surface area contributed by atoms with E-state index in [0.29, 0.717) is 12.1 Å². The predicted octanol–water partition coefficient (Wildman–Crippen LogP) is 3.10. The molecule has 3 heterocycles. The molecule has 2 amide bonds. The Balaban J connectivity index is 1.53. The van der Waals surface area contributed by atoms with Crippen LogP contribution in [0, 0.1) is 0 Å². The highest BCUT2D eigenvalue weighted by atomic mass is 16.2. The molecule has 3 unspecified atom stereocenters. The van der Waals surface area contributed by atoms with Gasteiger partial charge in [0.05, 0.1) is 5.92 Å². The lowest BCUT2D eigenvalue weighted by Gasteiger charge is -2.50. The molecule has 1 aromatic carbocycles. The van der Waals surface area contributed by atoms with E-state index in [-0.39, 0.29) is 23.8 Å². The minimum atomic E-state index is -0.0860. The zero-order chi connectivity index (χ0) is 17.1. The summed E-state index contributed by atoms with van der Waals surface area (Å²) in [7, 11) is 2.22. The van der Waals surface area contributed by atoms with Crippen LogP contribution < -0.4 is 0 Å². The van der Waals surface area contributed by atoms with Gasteiger partial charge in [0.15, 0.2) is 0 Å². The van der Waals surface area contributed by atoms with Gasteiger partial charge in [-0.1, -0.05) is 18.6 Å². The molecule has 1 aliphatic carbocycles. The van der Waals surface area contributed by atoms with Crippen LogP contribution in [0.3, 0.4) is 0 Å². The molecule has 2 saturated heterocycles. The zero-order valence-electron chi connectivity index (χ0n) is 14.9. The number of hydrogen-bond donors (Lipinski definition) is 0. The van der Waals surface area contributed by atoms with Crippen molar-refractivity contribution in [2.24, 2.45) is 0 Å². The van der Waals surface area contributed by atoms with Gasteiger partial charge < -0.3 is 4.90 Å². The SMILES string of the molecule is CN1C2CCCC1CC(N1C(=O)c3cccc4c3C(CCC4)C1=O)C2. The van der Waals surface area contributed by atoms with Crippen LogP contribution in [0.4, 0.5) is 0 Å². The van der Waals surface area contributed by atoms with Crippen molar-refractivity contribution in [1.29, 1.82) is 0 Å². The number of amides is 2. The van der Waals surface area contributed by atoms with Crippen molar-refractivity contribution in [1.82, 2.24) is 9.80 Å². The molecule has 0 aromatic heterocycles. The third-order valence-electron chi connectivity index (χ3n) is 7.15. The minimum absolute atomic E-state index is 0.0346. The second kappa shape index (κ2) is 5.66. The van der Waals surface area contributed by atoms with Gasteiger partial charge in [-0.3, -0.25) is 14.5 Å². The van der Waals surface area contributed by atoms with E-state index in [1.807, 2.05) is 12.1 Å². The van der Waals surface area contributed by atoms with Gasteiger partial charge in [0.1, 0.15) is 0 Å². The first-order chi connectivity index (χ1) is 12.1. The van der Waals surface area contributed by atoms with E-state index in [4.69, 9.17) is 0 Å². The number of nitrogens with zero attached hydrogens (tertiary/aromatic N) is 2. The molecular weight excluding hydrogens is 312 g/mol. The first-order valence-corrected chi connectivity index (χ1v) is 9.86. The summed E-state index contributed by atoms with van der Waals surface area (Å²) in [4.78, 5) is 30.7. The Morgan fingerprint density at radius 2 is 1.72 bits per heavy atom. The summed E-state index contributed by atoms with van der Waals surface area (Å²) in [6, 6.07) is 7.17. The summed E-state index contributed by atoms with van der Waals surface area (Å²) in [5.41, 5.74) is 3.06.